The number of benzene rings is 2. The summed E-state index contributed by atoms with van der Waals surface area (Å²) in [6, 6.07) is 14.2. The number of anilines is 1. The maximum Gasteiger partial charge on any atom is 0.325 e. The molecule has 146 valence electrons. The van der Waals surface area contributed by atoms with Crippen molar-refractivity contribution in [3.63, 3.8) is 0 Å². The predicted molar refractivity (Wildman–Crippen MR) is 111 cm³/mol. The molecule has 0 aromatic heterocycles. The molecule has 1 unspecified atom stereocenters. The second-order valence-electron chi connectivity index (χ2n) is 6.85. The van der Waals surface area contributed by atoms with E-state index in [0.29, 0.717) is 12.1 Å². The van der Waals surface area contributed by atoms with Crippen LogP contribution in [0.25, 0.3) is 0 Å². The number of imide groups is 1. The number of nitrogens with one attached hydrogen (secondary N) is 1. The summed E-state index contributed by atoms with van der Waals surface area (Å²) in [7, 11) is 0. The molecule has 1 atom stereocenters. The number of likely N-dealkylation sites (N-methyl/N-ethyl adjacent to an activating group) is 1. The van der Waals surface area contributed by atoms with Crippen LogP contribution in [0.5, 0.6) is 0 Å². The van der Waals surface area contributed by atoms with Crippen LogP contribution in [-0.4, -0.2) is 35.8 Å². The first-order valence-electron chi connectivity index (χ1n) is 9.04. The first kappa shape index (κ1) is 20.1. The van der Waals surface area contributed by atoms with E-state index in [2.05, 4.69) is 21.2 Å². The van der Waals surface area contributed by atoms with Gasteiger partial charge in [0.15, 0.2) is 0 Å². The normalized spacial score (nSPS) is 18.9. The summed E-state index contributed by atoms with van der Waals surface area (Å²) in [5.74, 6) is -0.754. The largest absolute Gasteiger partial charge is 0.325 e. The Kier molecular flexibility index (Phi) is 5.56. The molecular weight excluding hydrogens is 422 g/mol. The summed E-state index contributed by atoms with van der Waals surface area (Å²) in [6.45, 7) is 5.56. The summed E-state index contributed by atoms with van der Waals surface area (Å²) < 4.78 is 0.717. The lowest BCUT2D eigenvalue weighted by molar-refractivity contribution is -0.134. The van der Waals surface area contributed by atoms with Gasteiger partial charge in [0.2, 0.25) is 5.91 Å². The minimum atomic E-state index is -1.23. The van der Waals surface area contributed by atoms with E-state index in [0.717, 1.165) is 20.6 Å². The van der Waals surface area contributed by atoms with Crippen molar-refractivity contribution in [2.75, 3.05) is 18.0 Å². The van der Waals surface area contributed by atoms with Gasteiger partial charge < -0.3 is 10.2 Å². The number of aryl methyl sites for hydroxylation is 1. The first-order chi connectivity index (χ1) is 13.3. The van der Waals surface area contributed by atoms with Crippen molar-refractivity contribution >= 4 is 39.5 Å². The van der Waals surface area contributed by atoms with E-state index in [1.165, 1.54) is 0 Å². The van der Waals surface area contributed by atoms with Crippen molar-refractivity contribution in [3.05, 3.63) is 64.1 Å². The fourth-order valence-corrected chi connectivity index (χ4v) is 4.14. The highest BCUT2D eigenvalue weighted by Gasteiger charge is 2.50. The lowest BCUT2D eigenvalue weighted by Crippen LogP contribution is -2.45. The number of hydrogen-bond donors (Lipinski definition) is 1. The first-order valence-corrected chi connectivity index (χ1v) is 9.84. The fourth-order valence-electron chi connectivity index (χ4n) is 3.46. The van der Waals surface area contributed by atoms with Crippen LogP contribution in [0.1, 0.15) is 25.0 Å². The summed E-state index contributed by atoms with van der Waals surface area (Å²) in [5, 5.41) is 2.74. The standard InChI is InChI=1S/C21H22BrN3O3/c1-4-24(17-12-8-5-9-14(17)2)18(26)13-25-19(27)21(3,23-20(25)28)15-10-6-7-11-16(15)22/h5-12H,4,13H2,1-3H3,(H,23,28). The van der Waals surface area contributed by atoms with Crippen LogP contribution in [0.4, 0.5) is 10.5 Å². The molecule has 0 bridgehead atoms. The third-order valence-electron chi connectivity index (χ3n) is 5.00. The van der Waals surface area contributed by atoms with E-state index in [1.54, 1.807) is 24.0 Å². The number of nitrogens with zero attached hydrogens (tertiary/aromatic N) is 2. The van der Waals surface area contributed by atoms with Gasteiger partial charge in [0.05, 0.1) is 0 Å². The Morgan fingerprint density at radius 3 is 2.43 bits per heavy atom. The van der Waals surface area contributed by atoms with Crippen LogP contribution in [0.2, 0.25) is 0 Å². The van der Waals surface area contributed by atoms with Gasteiger partial charge in [-0.3, -0.25) is 14.5 Å². The van der Waals surface area contributed by atoms with Gasteiger partial charge in [0.1, 0.15) is 12.1 Å². The number of rotatable bonds is 5. The van der Waals surface area contributed by atoms with Crippen molar-refractivity contribution in [3.8, 4) is 0 Å². The molecule has 0 aliphatic carbocycles. The van der Waals surface area contributed by atoms with E-state index in [9.17, 15) is 14.4 Å². The zero-order valence-corrected chi connectivity index (χ0v) is 17.6. The monoisotopic (exact) mass is 443 g/mol. The molecule has 6 nitrogen and oxygen atoms in total. The maximum atomic E-state index is 13.1. The molecule has 1 aliphatic heterocycles. The second-order valence-corrected chi connectivity index (χ2v) is 7.71. The molecule has 1 heterocycles. The van der Waals surface area contributed by atoms with E-state index in [1.807, 2.05) is 50.2 Å². The highest BCUT2D eigenvalue weighted by Crippen LogP contribution is 2.33. The molecule has 4 amide bonds. The molecule has 7 heteroatoms. The lowest BCUT2D eigenvalue weighted by Gasteiger charge is -2.26. The number of carbonyl (C=O) groups is 3. The fraction of sp³-hybridized carbons (Fsp3) is 0.286. The number of urea groups is 1. The van der Waals surface area contributed by atoms with E-state index in [4.69, 9.17) is 0 Å². The Hall–Kier alpha value is -2.67. The van der Waals surface area contributed by atoms with Gasteiger partial charge in [0.25, 0.3) is 5.91 Å². The van der Waals surface area contributed by atoms with Gasteiger partial charge in [-0.15, -0.1) is 0 Å². The number of carbonyl (C=O) groups excluding carboxylic acids is 3. The van der Waals surface area contributed by atoms with E-state index < -0.39 is 17.5 Å². The van der Waals surface area contributed by atoms with Crippen LogP contribution in [0.3, 0.4) is 0 Å². The zero-order chi connectivity index (χ0) is 20.5. The van der Waals surface area contributed by atoms with Gasteiger partial charge in [-0.1, -0.05) is 52.3 Å². The van der Waals surface area contributed by atoms with Crippen LogP contribution in [0.15, 0.2) is 53.0 Å². The average molecular weight is 444 g/mol. The van der Waals surface area contributed by atoms with Crippen molar-refractivity contribution < 1.29 is 14.4 Å². The summed E-state index contributed by atoms with van der Waals surface area (Å²) >= 11 is 3.44. The van der Waals surface area contributed by atoms with Crippen molar-refractivity contribution in [1.29, 1.82) is 0 Å². The number of halogens is 1. The molecule has 28 heavy (non-hydrogen) atoms. The van der Waals surface area contributed by atoms with Crippen molar-refractivity contribution in [2.45, 2.75) is 26.3 Å². The van der Waals surface area contributed by atoms with E-state index >= 15 is 0 Å². The SMILES string of the molecule is CCN(C(=O)CN1C(=O)NC(C)(c2ccccc2Br)C1=O)c1ccccc1C. The van der Waals surface area contributed by atoms with Crippen LogP contribution < -0.4 is 10.2 Å². The smallest absolute Gasteiger partial charge is 0.319 e. The molecule has 1 saturated heterocycles. The third kappa shape index (κ3) is 3.42. The number of para-hydroxylation sites is 1. The van der Waals surface area contributed by atoms with E-state index in [-0.39, 0.29) is 12.5 Å². The Bertz CT molecular complexity index is 946. The highest BCUT2D eigenvalue weighted by molar-refractivity contribution is 9.10. The minimum absolute atomic E-state index is 0.309. The Labute approximate surface area is 172 Å². The maximum absolute atomic E-state index is 13.1. The second kappa shape index (κ2) is 7.75. The van der Waals surface area contributed by atoms with Crippen LogP contribution >= 0.6 is 15.9 Å². The minimum Gasteiger partial charge on any atom is -0.319 e. The zero-order valence-electron chi connectivity index (χ0n) is 16.0. The Morgan fingerprint density at radius 2 is 1.79 bits per heavy atom. The quantitative estimate of drug-likeness (QED) is 0.717. The number of hydrogen-bond acceptors (Lipinski definition) is 3. The lowest BCUT2D eigenvalue weighted by atomic mass is 9.92. The molecule has 0 radical (unpaired) electrons. The third-order valence-corrected chi connectivity index (χ3v) is 5.70. The molecule has 0 spiro atoms. The molecule has 1 N–H and O–H groups in total. The topological polar surface area (TPSA) is 69.7 Å². The summed E-state index contributed by atoms with van der Waals surface area (Å²) in [6.07, 6.45) is 0. The summed E-state index contributed by atoms with van der Waals surface area (Å²) in [4.78, 5) is 41.1. The van der Waals surface area contributed by atoms with Gasteiger partial charge in [-0.2, -0.15) is 0 Å². The molecule has 1 fully saturated rings. The van der Waals surface area contributed by atoms with Gasteiger partial charge in [-0.25, -0.2) is 4.79 Å². The predicted octanol–water partition coefficient (Wildman–Crippen LogP) is 3.58. The molecule has 1 aliphatic rings. The van der Waals surface area contributed by atoms with Crippen LogP contribution in [-0.2, 0) is 15.1 Å². The van der Waals surface area contributed by atoms with Gasteiger partial charge in [-0.05, 0) is 38.5 Å². The molecule has 2 aromatic carbocycles. The molecule has 0 saturated carbocycles. The van der Waals surface area contributed by atoms with Gasteiger partial charge in [0, 0.05) is 22.3 Å². The summed E-state index contributed by atoms with van der Waals surface area (Å²) in [5.41, 5.74) is 1.15. The molecular formula is C21H22BrN3O3. The van der Waals surface area contributed by atoms with Crippen LogP contribution in [0, 0.1) is 6.92 Å². The Balaban J connectivity index is 1.85. The number of amides is 4. The molecule has 3 rings (SSSR count). The highest BCUT2D eigenvalue weighted by atomic mass is 79.9. The average Bonchev–Trinajstić information content (AvgIpc) is 2.88. The van der Waals surface area contributed by atoms with Gasteiger partial charge >= 0.3 is 6.03 Å². The Morgan fingerprint density at radius 1 is 1.14 bits per heavy atom. The molecule has 2 aromatic rings. The van der Waals surface area contributed by atoms with Crippen molar-refractivity contribution in [1.82, 2.24) is 10.2 Å². The van der Waals surface area contributed by atoms with Crippen molar-refractivity contribution in [2.24, 2.45) is 0 Å².